The molecule has 3 N–H and O–H groups in total. The third-order valence-electron chi connectivity index (χ3n) is 2.94. The third kappa shape index (κ3) is 2.02. The van der Waals surface area contributed by atoms with Crippen molar-refractivity contribution in [3.8, 4) is 0 Å². The molecule has 0 amide bonds. The lowest BCUT2D eigenvalue weighted by Crippen LogP contribution is -2.08. The van der Waals surface area contributed by atoms with Crippen molar-refractivity contribution < 1.29 is 9.53 Å². The van der Waals surface area contributed by atoms with Crippen LogP contribution in [0, 0.1) is 0 Å². The molecule has 0 aliphatic rings. The number of hydrogen-bond donors (Lipinski definition) is 2. The summed E-state index contributed by atoms with van der Waals surface area (Å²) in [7, 11) is 1.35. The first-order chi connectivity index (χ1) is 8.69. The summed E-state index contributed by atoms with van der Waals surface area (Å²) in [4.78, 5) is 14.8. The van der Waals surface area contributed by atoms with Gasteiger partial charge in [0.15, 0.2) is 0 Å². The number of ether oxygens (including phenoxy) is 1. The minimum absolute atomic E-state index is 0.331. The Morgan fingerprint density at radius 1 is 1.44 bits per heavy atom. The van der Waals surface area contributed by atoms with Crippen molar-refractivity contribution >= 4 is 22.4 Å². The molecule has 0 saturated carbocycles. The SMILES string of the molecule is C=C(C(=O)OC)c1[nH]c2ccccc2c1CCN. The number of nitrogens with two attached hydrogens (primary N) is 1. The van der Waals surface area contributed by atoms with E-state index in [1.165, 1.54) is 7.11 Å². The summed E-state index contributed by atoms with van der Waals surface area (Å²) in [6.45, 7) is 4.30. The van der Waals surface area contributed by atoms with Crippen LogP contribution in [0.3, 0.4) is 0 Å². The average Bonchev–Trinajstić information content (AvgIpc) is 2.76. The fourth-order valence-corrected chi connectivity index (χ4v) is 2.09. The van der Waals surface area contributed by atoms with E-state index in [4.69, 9.17) is 10.5 Å². The molecule has 1 aromatic carbocycles. The highest BCUT2D eigenvalue weighted by Crippen LogP contribution is 2.27. The first-order valence-corrected chi connectivity index (χ1v) is 5.76. The lowest BCUT2D eigenvalue weighted by molar-refractivity contribution is -0.133. The summed E-state index contributed by atoms with van der Waals surface area (Å²) in [6.07, 6.45) is 0.690. The van der Waals surface area contributed by atoms with Gasteiger partial charge in [-0.3, -0.25) is 0 Å². The van der Waals surface area contributed by atoms with Crippen molar-refractivity contribution in [3.05, 3.63) is 42.1 Å². The number of H-pyrrole nitrogens is 1. The molecule has 0 fully saturated rings. The second-order valence-electron chi connectivity index (χ2n) is 4.03. The van der Waals surface area contributed by atoms with Gasteiger partial charge in [0.05, 0.1) is 18.4 Å². The number of carbonyl (C=O) groups is 1. The van der Waals surface area contributed by atoms with Gasteiger partial charge >= 0.3 is 5.97 Å². The lowest BCUT2D eigenvalue weighted by Gasteiger charge is -2.05. The predicted molar refractivity (Wildman–Crippen MR) is 72.1 cm³/mol. The highest BCUT2D eigenvalue weighted by atomic mass is 16.5. The Balaban J connectivity index is 2.58. The number of hydrogen-bond acceptors (Lipinski definition) is 3. The van der Waals surface area contributed by atoms with Gasteiger partial charge < -0.3 is 15.5 Å². The molecular formula is C14H16N2O2. The number of nitrogens with one attached hydrogen (secondary N) is 1. The normalized spacial score (nSPS) is 10.6. The Morgan fingerprint density at radius 3 is 2.83 bits per heavy atom. The molecule has 4 heteroatoms. The maximum atomic E-state index is 11.6. The van der Waals surface area contributed by atoms with Gasteiger partial charge in [0.2, 0.25) is 0 Å². The summed E-state index contributed by atoms with van der Waals surface area (Å²) in [5.41, 5.74) is 8.67. The Labute approximate surface area is 105 Å². The standard InChI is InChI=1S/C14H16N2O2/c1-9(14(17)18-2)13-11(7-8-15)10-5-3-4-6-12(10)16-13/h3-6,16H,1,7-8,15H2,2H3. The van der Waals surface area contributed by atoms with Crippen molar-refractivity contribution in [2.45, 2.75) is 6.42 Å². The minimum atomic E-state index is -0.431. The van der Waals surface area contributed by atoms with E-state index in [0.717, 1.165) is 16.5 Å². The molecule has 18 heavy (non-hydrogen) atoms. The van der Waals surface area contributed by atoms with Crippen LogP contribution in [0.25, 0.3) is 16.5 Å². The van der Waals surface area contributed by atoms with Gasteiger partial charge in [0.25, 0.3) is 0 Å². The highest BCUT2D eigenvalue weighted by molar-refractivity contribution is 6.16. The molecule has 0 bridgehead atoms. The lowest BCUT2D eigenvalue weighted by atomic mass is 10.0. The summed E-state index contributed by atoms with van der Waals surface area (Å²) < 4.78 is 4.71. The van der Waals surface area contributed by atoms with Crippen LogP contribution in [0.2, 0.25) is 0 Å². The van der Waals surface area contributed by atoms with Crippen molar-refractivity contribution in [1.82, 2.24) is 4.98 Å². The first kappa shape index (κ1) is 12.4. The van der Waals surface area contributed by atoms with Gasteiger partial charge in [-0.2, -0.15) is 0 Å². The number of methoxy groups -OCH3 is 1. The number of carbonyl (C=O) groups excluding carboxylic acids is 1. The van der Waals surface area contributed by atoms with Crippen molar-refractivity contribution in [1.29, 1.82) is 0 Å². The Morgan fingerprint density at radius 2 is 2.17 bits per heavy atom. The second kappa shape index (κ2) is 5.06. The fraction of sp³-hybridized carbons (Fsp3) is 0.214. The van der Waals surface area contributed by atoms with Crippen molar-refractivity contribution in [2.75, 3.05) is 13.7 Å². The summed E-state index contributed by atoms with van der Waals surface area (Å²) in [5, 5.41) is 1.07. The van der Waals surface area contributed by atoms with Crippen LogP contribution in [0.1, 0.15) is 11.3 Å². The predicted octanol–water partition coefficient (Wildman–Crippen LogP) is 1.86. The fourth-order valence-electron chi connectivity index (χ4n) is 2.09. The van der Waals surface area contributed by atoms with Crippen LogP contribution in [0.5, 0.6) is 0 Å². The quantitative estimate of drug-likeness (QED) is 0.637. The molecular weight excluding hydrogens is 228 g/mol. The molecule has 0 aliphatic heterocycles. The van der Waals surface area contributed by atoms with Gasteiger partial charge in [-0.05, 0) is 24.6 Å². The van der Waals surface area contributed by atoms with Crippen LogP contribution >= 0.6 is 0 Å². The average molecular weight is 244 g/mol. The molecule has 0 spiro atoms. The Kier molecular flexibility index (Phi) is 3.48. The Bertz CT molecular complexity index is 599. The summed E-state index contributed by atoms with van der Waals surface area (Å²) >= 11 is 0. The topological polar surface area (TPSA) is 68.1 Å². The molecule has 0 atom stereocenters. The minimum Gasteiger partial charge on any atom is -0.465 e. The van der Waals surface area contributed by atoms with Crippen LogP contribution in [0.15, 0.2) is 30.8 Å². The van der Waals surface area contributed by atoms with Gasteiger partial charge in [-0.1, -0.05) is 24.8 Å². The number of rotatable bonds is 4. The largest absolute Gasteiger partial charge is 0.465 e. The number of fused-ring (bicyclic) bond motifs is 1. The molecule has 2 rings (SSSR count). The number of aromatic amines is 1. The van der Waals surface area contributed by atoms with Crippen LogP contribution in [-0.2, 0) is 16.0 Å². The number of para-hydroxylation sites is 1. The van der Waals surface area contributed by atoms with Gasteiger partial charge in [-0.25, -0.2) is 4.79 Å². The number of aromatic nitrogens is 1. The molecule has 0 aliphatic carbocycles. The highest BCUT2D eigenvalue weighted by Gasteiger charge is 2.17. The van der Waals surface area contributed by atoms with Gasteiger partial charge in [0, 0.05) is 10.9 Å². The van der Waals surface area contributed by atoms with Crippen LogP contribution < -0.4 is 5.73 Å². The zero-order chi connectivity index (χ0) is 13.1. The van der Waals surface area contributed by atoms with Gasteiger partial charge in [0.1, 0.15) is 0 Å². The maximum absolute atomic E-state index is 11.6. The first-order valence-electron chi connectivity index (χ1n) is 5.76. The zero-order valence-corrected chi connectivity index (χ0v) is 10.3. The summed E-state index contributed by atoms with van der Waals surface area (Å²) in [5.74, 6) is -0.431. The Hall–Kier alpha value is -2.07. The van der Waals surface area contributed by atoms with E-state index in [9.17, 15) is 4.79 Å². The summed E-state index contributed by atoms with van der Waals surface area (Å²) in [6, 6.07) is 7.87. The van der Waals surface area contributed by atoms with E-state index in [1.807, 2.05) is 24.3 Å². The number of benzene rings is 1. The van der Waals surface area contributed by atoms with Gasteiger partial charge in [-0.15, -0.1) is 0 Å². The van der Waals surface area contributed by atoms with Crippen molar-refractivity contribution in [3.63, 3.8) is 0 Å². The van der Waals surface area contributed by atoms with Crippen molar-refractivity contribution in [2.24, 2.45) is 5.73 Å². The number of esters is 1. The molecule has 0 unspecified atom stereocenters. The van der Waals surface area contributed by atoms with E-state index in [1.54, 1.807) is 0 Å². The van der Waals surface area contributed by atoms with E-state index in [-0.39, 0.29) is 0 Å². The monoisotopic (exact) mass is 244 g/mol. The van der Waals surface area contributed by atoms with Crippen LogP contribution in [-0.4, -0.2) is 24.6 Å². The maximum Gasteiger partial charge on any atom is 0.339 e. The zero-order valence-electron chi connectivity index (χ0n) is 10.3. The van der Waals surface area contributed by atoms with E-state index in [2.05, 4.69) is 11.6 Å². The molecule has 1 heterocycles. The van der Waals surface area contributed by atoms with E-state index < -0.39 is 5.97 Å². The molecule has 2 aromatic rings. The second-order valence-corrected chi connectivity index (χ2v) is 4.03. The smallest absolute Gasteiger partial charge is 0.339 e. The molecule has 4 nitrogen and oxygen atoms in total. The molecule has 0 saturated heterocycles. The van der Waals surface area contributed by atoms with E-state index in [0.29, 0.717) is 24.2 Å². The van der Waals surface area contributed by atoms with E-state index >= 15 is 0 Å². The molecule has 94 valence electrons. The van der Waals surface area contributed by atoms with Crippen LogP contribution in [0.4, 0.5) is 0 Å². The third-order valence-corrected chi connectivity index (χ3v) is 2.94. The molecule has 1 aromatic heterocycles. The molecule has 0 radical (unpaired) electrons.